The third-order valence-corrected chi connectivity index (χ3v) is 2.60. The number of hydrogen-bond donors (Lipinski definition) is 1. The molecule has 0 aromatic heterocycles. The Bertz CT molecular complexity index is 411. The average molecular weight is 235 g/mol. The van der Waals surface area contributed by atoms with Crippen LogP contribution in [0.25, 0.3) is 0 Å². The molecule has 1 fully saturated rings. The van der Waals surface area contributed by atoms with Crippen LogP contribution >= 0.6 is 0 Å². The fourth-order valence-electron chi connectivity index (χ4n) is 1.78. The number of amides is 1. The maximum absolute atomic E-state index is 12.0. The number of carbonyl (C=O) groups excluding carboxylic acids is 1. The van der Waals surface area contributed by atoms with E-state index in [1.165, 1.54) is 0 Å². The van der Waals surface area contributed by atoms with Crippen LogP contribution in [0.4, 0.5) is 0 Å². The molecule has 4 heteroatoms. The quantitative estimate of drug-likeness (QED) is 0.859. The minimum absolute atomic E-state index is 0.0514. The highest BCUT2D eigenvalue weighted by molar-refractivity contribution is 5.95. The number of aliphatic hydroxyl groups is 1. The molecule has 1 N–H and O–H groups in total. The first-order valence-electron chi connectivity index (χ1n) is 5.80. The van der Waals surface area contributed by atoms with E-state index < -0.39 is 0 Å². The summed E-state index contributed by atoms with van der Waals surface area (Å²) in [7, 11) is 0. The van der Waals surface area contributed by atoms with Crippen molar-refractivity contribution in [2.45, 2.75) is 26.1 Å². The highest BCUT2D eigenvalue weighted by Gasteiger charge is 2.29. The normalized spacial score (nSPS) is 15.9. The van der Waals surface area contributed by atoms with Crippen LogP contribution < -0.4 is 4.74 Å². The Labute approximate surface area is 101 Å². The van der Waals surface area contributed by atoms with Crippen molar-refractivity contribution in [3.8, 4) is 5.75 Å². The molecule has 1 aliphatic rings. The van der Waals surface area contributed by atoms with Crippen LogP contribution in [0.2, 0.25) is 0 Å². The Hall–Kier alpha value is -1.55. The summed E-state index contributed by atoms with van der Waals surface area (Å²) in [5, 5.41) is 9.17. The minimum atomic E-state index is -0.367. The van der Waals surface area contributed by atoms with Crippen molar-refractivity contribution in [3.63, 3.8) is 0 Å². The molecule has 92 valence electrons. The molecule has 0 aliphatic carbocycles. The molecule has 1 amide bonds. The zero-order valence-electron chi connectivity index (χ0n) is 10.1. The van der Waals surface area contributed by atoms with Gasteiger partial charge in [-0.2, -0.15) is 0 Å². The second-order valence-corrected chi connectivity index (χ2v) is 4.56. The van der Waals surface area contributed by atoms with Crippen molar-refractivity contribution in [1.29, 1.82) is 0 Å². The third kappa shape index (κ3) is 2.77. The standard InChI is InChI=1S/C13H17NO3/c1-9(2)17-12-5-3-4-10(6-12)13(16)14-7-11(15)8-14/h3-6,9,11,15H,7-8H2,1-2H3. The van der Waals surface area contributed by atoms with Gasteiger partial charge in [0.1, 0.15) is 5.75 Å². The topological polar surface area (TPSA) is 49.8 Å². The highest BCUT2D eigenvalue weighted by atomic mass is 16.5. The number of aliphatic hydroxyl groups excluding tert-OH is 1. The molecule has 2 rings (SSSR count). The second kappa shape index (κ2) is 4.75. The molecular formula is C13H17NO3. The summed E-state index contributed by atoms with van der Waals surface area (Å²) in [6, 6.07) is 7.15. The Balaban J connectivity index is 2.07. The van der Waals surface area contributed by atoms with Gasteiger partial charge in [-0.15, -0.1) is 0 Å². The first-order chi connectivity index (χ1) is 8.06. The monoisotopic (exact) mass is 235 g/mol. The molecule has 4 nitrogen and oxygen atoms in total. The largest absolute Gasteiger partial charge is 0.491 e. The maximum atomic E-state index is 12.0. The van der Waals surface area contributed by atoms with Gasteiger partial charge in [0.2, 0.25) is 0 Å². The van der Waals surface area contributed by atoms with Crippen molar-refractivity contribution >= 4 is 5.91 Å². The molecule has 1 aromatic rings. The van der Waals surface area contributed by atoms with E-state index >= 15 is 0 Å². The molecule has 1 aliphatic heterocycles. The molecule has 1 aromatic carbocycles. The lowest BCUT2D eigenvalue weighted by Gasteiger charge is -2.35. The van der Waals surface area contributed by atoms with Crippen LogP contribution in [-0.2, 0) is 0 Å². The van der Waals surface area contributed by atoms with E-state index in [1.54, 1.807) is 23.1 Å². The SMILES string of the molecule is CC(C)Oc1cccc(C(=O)N2CC(O)C2)c1. The van der Waals surface area contributed by atoms with Gasteiger partial charge in [-0.05, 0) is 32.0 Å². The summed E-state index contributed by atoms with van der Waals surface area (Å²) < 4.78 is 5.54. The van der Waals surface area contributed by atoms with Crippen LogP contribution in [0.1, 0.15) is 24.2 Å². The Morgan fingerprint density at radius 2 is 2.18 bits per heavy atom. The van der Waals surface area contributed by atoms with Gasteiger partial charge in [0.05, 0.1) is 12.2 Å². The summed E-state index contributed by atoms with van der Waals surface area (Å²) >= 11 is 0. The number of nitrogens with zero attached hydrogens (tertiary/aromatic N) is 1. The summed E-state index contributed by atoms with van der Waals surface area (Å²) in [6.45, 7) is 4.74. The van der Waals surface area contributed by atoms with Gasteiger partial charge in [-0.25, -0.2) is 0 Å². The zero-order chi connectivity index (χ0) is 12.4. The second-order valence-electron chi connectivity index (χ2n) is 4.56. The summed E-state index contributed by atoms with van der Waals surface area (Å²) in [5.74, 6) is 0.649. The predicted octanol–water partition coefficient (Wildman–Crippen LogP) is 1.29. The lowest BCUT2D eigenvalue weighted by Crippen LogP contribution is -2.53. The van der Waals surface area contributed by atoms with Crippen molar-refractivity contribution in [3.05, 3.63) is 29.8 Å². The van der Waals surface area contributed by atoms with Crippen molar-refractivity contribution in [2.24, 2.45) is 0 Å². The summed E-state index contributed by atoms with van der Waals surface area (Å²) in [6.07, 6.45) is -0.278. The van der Waals surface area contributed by atoms with Crippen LogP contribution in [0.3, 0.4) is 0 Å². The number of hydrogen-bond acceptors (Lipinski definition) is 3. The van der Waals surface area contributed by atoms with E-state index in [0.717, 1.165) is 0 Å². The lowest BCUT2D eigenvalue weighted by atomic mass is 10.1. The van der Waals surface area contributed by atoms with E-state index in [4.69, 9.17) is 9.84 Å². The Kier molecular flexibility index (Phi) is 3.33. The number of ether oxygens (including phenoxy) is 1. The first kappa shape index (κ1) is 11.9. The minimum Gasteiger partial charge on any atom is -0.491 e. The number of β-amino-alcohol motifs (C(OH)–C–C–N with tert-alkyl or cyclic N) is 1. The smallest absolute Gasteiger partial charge is 0.254 e. The van der Waals surface area contributed by atoms with Gasteiger partial charge in [-0.3, -0.25) is 4.79 Å². The predicted molar refractivity (Wildman–Crippen MR) is 64.1 cm³/mol. The number of benzene rings is 1. The molecule has 0 bridgehead atoms. The van der Waals surface area contributed by atoms with Crippen LogP contribution in [0.5, 0.6) is 5.75 Å². The third-order valence-electron chi connectivity index (χ3n) is 2.60. The summed E-state index contributed by atoms with van der Waals surface area (Å²) in [4.78, 5) is 13.6. The van der Waals surface area contributed by atoms with E-state index in [-0.39, 0.29) is 18.1 Å². The van der Waals surface area contributed by atoms with Gasteiger partial charge < -0.3 is 14.7 Å². The van der Waals surface area contributed by atoms with E-state index in [1.807, 2.05) is 19.9 Å². The van der Waals surface area contributed by atoms with Crippen molar-refractivity contribution in [1.82, 2.24) is 4.90 Å². The van der Waals surface area contributed by atoms with Crippen LogP contribution in [0, 0.1) is 0 Å². The molecule has 0 spiro atoms. The van der Waals surface area contributed by atoms with Gasteiger partial charge in [0, 0.05) is 18.7 Å². The van der Waals surface area contributed by atoms with Crippen molar-refractivity contribution in [2.75, 3.05) is 13.1 Å². The Morgan fingerprint density at radius 3 is 2.76 bits per heavy atom. The van der Waals surface area contributed by atoms with Crippen molar-refractivity contribution < 1.29 is 14.6 Å². The van der Waals surface area contributed by atoms with Gasteiger partial charge >= 0.3 is 0 Å². The molecule has 0 atom stereocenters. The molecule has 0 saturated carbocycles. The molecule has 1 heterocycles. The molecular weight excluding hydrogens is 218 g/mol. The molecule has 0 radical (unpaired) electrons. The molecule has 17 heavy (non-hydrogen) atoms. The van der Waals surface area contributed by atoms with Crippen LogP contribution in [0.15, 0.2) is 24.3 Å². The van der Waals surface area contributed by atoms with E-state index in [9.17, 15) is 4.79 Å². The zero-order valence-corrected chi connectivity index (χ0v) is 10.1. The maximum Gasteiger partial charge on any atom is 0.254 e. The molecule has 0 unspecified atom stereocenters. The van der Waals surface area contributed by atoms with E-state index in [0.29, 0.717) is 24.4 Å². The number of likely N-dealkylation sites (tertiary alicyclic amines) is 1. The van der Waals surface area contributed by atoms with Gasteiger partial charge in [-0.1, -0.05) is 6.07 Å². The number of rotatable bonds is 3. The number of carbonyl (C=O) groups is 1. The average Bonchev–Trinajstić information content (AvgIpc) is 2.23. The van der Waals surface area contributed by atoms with Gasteiger partial charge in [0.25, 0.3) is 5.91 Å². The van der Waals surface area contributed by atoms with E-state index in [2.05, 4.69) is 0 Å². The Morgan fingerprint density at radius 1 is 1.47 bits per heavy atom. The summed E-state index contributed by atoms with van der Waals surface area (Å²) in [5.41, 5.74) is 0.607. The molecule has 1 saturated heterocycles. The lowest BCUT2D eigenvalue weighted by molar-refractivity contribution is 0.00587. The highest BCUT2D eigenvalue weighted by Crippen LogP contribution is 2.18. The first-order valence-corrected chi connectivity index (χ1v) is 5.80. The fraction of sp³-hybridized carbons (Fsp3) is 0.462. The van der Waals surface area contributed by atoms with Crippen LogP contribution in [-0.4, -0.2) is 41.2 Å². The fourth-order valence-corrected chi connectivity index (χ4v) is 1.78. The van der Waals surface area contributed by atoms with Gasteiger partial charge in [0.15, 0.2) is 0 Å².